The van der Waals surface area contributed by atoms with Crippen LogP contribution in [-0.2, 0) is 14.6 Å². The van der Waals surface area contributed by atoms with E-state index in [4.69, 9.17) is 4.74 Å². The first-order valence-corrected chi connectivity index (χ1v) is 8.46. The molecule has 0 spiro atoms. The summed E-state index contributed by atoms with van der Waals surface area (Å²) in [6, 6.07) is 9.00. The van der Waals surface area contributed by atoms with E-state index in [0.717, 1.165) is 6.42 Å². The minimum absolute atomic E-state index is 0.0359. The summed E-state index contributed by atoms with van der Waals surface area (Å²) in [4.78, 5) is 0. The number of nitrogens with zero attached hydrogens (tertiary/aromatic N) is 4. The van der Waals surface area contributed by atoms with Gasteiger partial charge in [0.2, 0.25) is 9.84 Å². The molecule has 2 aromatic rings. The predicted molar refractivity (Wildman–Crippen MR) is 74.7 cm³/mol. The maximum Gasteiger partial charge on any atom is 0.272 e. The number of rotatable bonds is 5. The molecule has 3 rings (SSSR count). The molecule has 0 radical (unpaired) electrons. The first-order chi connectivity index (χ1) is 10.2. The molecule has 1 saturated heterocycles. The molecule has 0 saturated carbocycles. The van der Waals surface area contributed by atoms with Gasteiger partial charge in [0.1, 0.15) is 0 Å². The predicted octanol–water partition coefficient (Wildman–Crippen LogP) is 0.863. The van der Waals surface area contributed by atoms with Crippen molar-refractivity contribution in [3.63, 3.8) is 0 Å². The Morgan fingerprint density at radius 2 is 2.10 bits per heavy atom. The van der Waals surface area contributed by atoms with Crippen LogP contribution in [0.5, 0.6) is 0 Å². The van der Waals surface area contributed by atoms with Gasteiger partial charge in [0, 0.05) is 13.2 Å². The van der Waals surface area contributed by atoms with Gasteiger partial charge in [-0.25, -0.2) is 8.42 Å². The Morgan fingerprint density at radius 1 is 1.29 bits per heavy atom. The zero-order valence-corrected chi connectivity index (χ0v) is 12.2. The second kappa shape index (κ2) is 5.90. The molecular weight excluding hydrogens is 292 g/mol. The number of sulfone groups is 1. The van der Waals surface area contributed by atoms with E-state index in [2.05, 4.69) is 15.5 Å². The largest absolute Gasteiger partial charge is 0.381 e. The number of ether oxygens (including phenoxy) is 1. The van der Waals surface area contributed by atoms with Crippen molar-refractivity contribution in [2.24, 2.45) is 5.92 Å². The summed E-state index contributed by atoms with van der Waals surface area (Å²) in [7, 11) is -3.51. The Balaban J connectivity index is 1.81. The van der Waals surface area contributed by atoms with Crippen LogP contribution in [0, 0.1) is 5.92 Å². The second-order valence-electron chi connectivity index (χ2n) is 5.05. The van der Waals surface area contributed by atoms with Crippen molar-refractivity contribution in [1.29, 1.82) is 0 Å². The monoisotopic (exact) mass is 308 g/mol. The molecule has 1 aliphatic heterocycles. The highest BCUT2D eigenvalue weighted by Gasteiger charge is 2.26. The van der Waals surface area contributed by atoms with Crippen molar-refractivity contribution in [2.75, 3.05) is 19.0 Å². The minimum Gasteiger partial charge on any atom is -0.381 e. The zero-order valence-electron chi connectivity index (χ0n) is 11.4. The van der Waals surface area contributed by atoms with Gasteiger partial charge in [-0.3, -0.25) is 0 Å². The number of hydrogen-bond acceptors (Lipinski definition) is 6. The van der Waals surface area contributed by atoms with E-state index < -0.39 is 9.84 Å². The molecule has 1 fully saturated rings. The third kappa shape index (κ3) is 3.11. The fourth-order valence-corrected chi connectivity index (χ4v) is 3.72. The van der Waals surface area contributed by atoms with E-state index in [1.54, 1.807) is 12.1 Å². The average molecular weight is 308 g/mol. The fourth-order valence-electron chi connectivity index (χ4n) is 2.33. The summed E-state index contributed by atoms with van der Waals surface area (Å²) < 4.78 is 31.4. The third-order valence-electron chi connectivity index (χ3n) is 3.54. The van der Waals surface area contributed by atoms with Crippen LogP contribution >= 0.6 is 0 Å². The van der Waals surface area contributed by atoms with Crippen molar-refractivity contribution in [3.8, 4) is 5.69 Å². The van der Waals surface area contributed by atoms with E-state index in [9.17, 15) is 8.42 Å². The SMILES string of the molecule is O=S(=O)(CCC1CCOC1)c1nnnn1-c1ccccc1. The van der Waals surface area contributed by atoms with Gasteiger partial charge in [-0.05, 0) is 41.3 Å². The highest BCUT2D eigenvalue weighted by molar-refractivity contribution is 7.91. The van der Waals surface area contributed by atoms with Crippen LogP contribution in [0.25, 0.3) is 5.69 Å². The quantitative estimate of drug-likeness (QED) is 0.814. The Hall–Kier alpha value is -1.80. The van der Waals surface area contributed by atoms with Crippen molar-refractivity contribution in [2.45, 2.75) is 18.0 Å². The minimum atomic E-state index is -3.51. The smallest absolute Gasteiger partial charge is 0.272 e. The average Bonchev–Trinajstić information content (AvgIpc) is 3.18. The van der Waals surface area contributed by atoms with Crippen molar-refractivity contribution in [1.82, 2.24) is 20.2 Å². The van der Waals surface area contributed by atoms with Gasteiger partial charge >= 0.3 is 0 Å². The number of hydrogen-bond donors (Lipinski definition) is 0. The maximum absolute atomic E-state index is 12.4. The Morgan fingerprint density at radius 3 is 2.81 bits per heavy atom. The van der Waals surface area contributed by atoms with E-state index in [0.29, 0.717) is 31.2 Å². The van der Waals surface area contributed by atoms with Crippen molar-refractivity contribution in [3.05, 3.63) is 30.3 Å². The lowest BCUT2D eigenvalue weighted by molar-refractivity contribution is 0.185. The fraction of sp³-hybridized carbons (Fsp3) is 0.462. The Bertz CT molecular complexity index is 693. The van der Waals surface area contributed by atoms with Crippen molar-refractivity contribution >= 4 is 9.84 Å². The maximum atomic E-state index is 12.4. The normalized spacial score (nSPS) is 19.0. The van der Waals surface area contributed by atoms with Crippen LogP contribution in [0.4, 0.5) is 0 Å². The molecule has 0 aliphatic carbocycles. The van der Waals surface area contributed by atoms with Crippen LogP contribution in [0.2, 0.25) is 0 Å². The van der Waals surface area contributed by atoms with E-state index in [-0.39, 0.29) is 10.9 Å². The molecule has 1 aromatic carbocycles. The lowest BCUT2D eigenvalue weighted by atomic mass is 10.1. The van der Waals surface area contributed by atoms with E-state index >= 15 is 0 Å². The summed E-state index contributed by atoms with van der Waals surface area (Å²) in [6.07, 6.45) is 1.49. The molecule has 8 heteroatoms. The summed E-state index contributed by atoms with van der Waals surface area (Å²) in [5.74, 6) is 0.342. The lowest BCUT2D eigenvalue weighted by Gasteiger charge is -2.08. The van der Waals surface area contributed by atoms with Gasteiger partial charge in [0.15, 0.2) is 0 Å². The molecule has 1 aliphatic rings. The van der Waals surface area contributed by atoms with Gasteiger partial charge < -0.3 is 4.74 Å². The Labute approximate surface area is 122 Å². The van der Waals surface area contributed by atoms with Crippen LogP contribution in [0.3, 0.4) is 0 Å². The third-order valence-corrected chi connectivity index (χ3v) is 5.12. The summed E-state index contributed by atoms with van der Waals surface area (Å²) >= 11 is 0. The van der Waals surface area contributed by atoms with E-state index in [1.807, 2.05) is 18.2 Å². The summed E-state index contributed by atoms with van der Waals surface area (Å²) in [5, 5.41) is 10.9. The molecule has 1 atom stereocenters. The second-order valence-corrected chi connectivity index (χ2v) is 7.05. The Kier molecular flexibility index (Phi) is 3.98. The standard InChI is InChI=1S/C13H16N4O3S/c18-21(19,9-7-11-6-8-20-10-11)13-14-15-16-17(13)12-4-2-1-3-5-12/h1-5,11H,6-10H2. The van der Waals surface area contributed by atoms with Crippen LogP contribution in [-0.4, -0.2) is 47.6 Å². The molecule has 2 heterocycles. The van der Waals surface area contributed by atoms with Gasteiger partial charge in [-0.1, -0.05) is 23.3 Å². The van der Waals surface area contributed by atoms with Gasteiger partial charge in [0.25, 0.3) is 5.16 Å². The molecule has 7 nitrogen and oxygen atoms in total. The molecule has 21 heavy (non-hydrogen) atoms. The highest BCUT2D eigenvalue weighted by Crippen LogP contribution is 2.20. The number of para-hydroxylation sites is 1. The van der Waals surface area contributed by atoms with Gasteiger partial charge in [-0.2, -0.15) is 4.68 Å². The molecular formula is C13H16N4O3S. The topological polar surface area (TPSA) is 87.0 Å². The molecule has 1 aromatic heterocycles. The number of aromatic nitrogens is 4. The first-order valence-electron chi connectivity index (χ1n) is 6.81. The molecule has 0 N–H and O–H groups in total. The molecule has 112 valence electrons. The highest BCUT2D eigenvalue weighted by atomic mass is 32.2. The molecule has 1 unspecified atom stereocenters. The number of benzene rings is 1. The van der Waals surface area contributed by atoms with Crippen LogP contribution in [0.1, 0.15) is 12.8 Å². The number of tetrazole rings is 1. The van der Waals surface area contributed by atoms with Gasteiger partial charge in [0.05, 0.1) is 11.4 Å². The van der Waals surface area contributed by atoms with E-state index in [1.165, 1.54) is 4.68 Å². The molecule has 0 amide bonds. The lowest BCUT2D eigenvalue weighted by Crippen LogP contribution is -2.16. The first kappa shape index (κ1) is 14.2. The zero-order chi connectivity index (χ0) is 14.7. The van der Waals surface area contributed by atoms with Crippen molar-refractivity contribution < 1.29 is 13.2 Å². The van der Waals surface area contributed by atoms with Gasteiger partial charge in [-0.15, -0.1) is 0 Å². The van der Waals surface area contributed by atoms with Crippen LogP contribution in [0.15, 0.2) is 35.5 Å². The summed E-state index contributed by atoms with van der Waals surface area (Å²) in [5.41, 5.74) is 0.630. The summed E-state index contributed by atoms with van der Waals surface area (Å²) in [6.45, 7) is 1.35. The molecule has 0 bridgehead atoms. The van der Waals surface area contributed by atoms with Crippen LogP contribution < -0.4 is 0 Å².